The molecule has 0 unspecified atom stereocenters. The van der Waals surface area contributed by atoms with Gasteiger partial charge in [-0.2, -0.15) is 4.31 Å². The number of hydrogen-bond donors (Lipinski definition) is 0. The van der Waals surface area contributed by atoms with E-state index in [0.717, 1.165) is 9.71 Å². The molecule has 0 saturated heterocycles. The Hall–Kier alpha value is -3.04. The lowest BCUT2D eigenvalue weighted by atomic mass is 10.1. The molecule has 0 aliphatic rings. The highest BCUT2D eigenvalue weighted by atomic mass is 32.2. The predicted octanol–water partition coefficient (Wildman–Crippen LogP) is 3.13. The Morgan fingerprint density at radius 2 is 1.89 bits per heavy atom. The van der Waals surface area contributed by atoms with Crippen LogP contribution in [0.2, 0.25) is 0 Å². The average Bonchev–Trinajstić information content (AvgIpc) is 2.67. The van der Waals surface area contributed by atoms with Crippen LogP contribution in [-0.4, -0.2) is 37.2 Å². The molecule has 0 amide bonds. The molecule has 0 radical (unpaired) electrons. The summed E-state index contributed by atoms with van der Waals surface area (Å²) in [7, 11) is -2.54. The van der Waals surface area contributed by atoms with Crippen molar-refractivity contribution in [1.29, 1.82) is 0 Å². The van der Waals surface area contributed by atoms with Crippen LogP contribution < -0.4 is 0 Å². The number of carbonyl (C=O) groups is 1. The van der Waals surface area contributed by atoms with Crippen LogP contribution in [0.25, 0.3) is 6.08 Å². The third-order valence-electron chi connectivity index (χ3n) is 3.88. The van der Waals surface area contributed by atoms with Crippen molar-refractivity contribution < 1.29 is 22.9 Å². The van der Waals surface area contributed by atoms with Crippen molar-refractivity contribution in [1.82, 2.24) is 4.31 Å². The Balaban J connectivity index is 1.98. The molecule has 1 atom stereocenters. The number of benzene rings is 2. The standard InChI is InChI=1S/C19H20N2O6S/c1-15(17-9-6-10-18(13-17)21(23)24)27-19(22)14-20(2)28(25,26)12-11-16-7-4-3-5-8-16/h3-13,15H,14H2,1-2H3/b12-11+/t15-/m1/s1. The Kier molecular flexibility index (Phi) is 7.02. The summed E-state index contributed by atoms with van der Waals surface area (Å²) in [4.78, 5) is 22.4. The first-order chi connectivity index (χ1) is 13.2. The molecule has 28 heavy (non-hydrogen) atoms. The van der Waals surface area contributed by atoms with Gasteiger partial charge in [-0.15, -0.1) is 0 Å². The van der Waals surface area contributed by atoms with Crippen LogP contribution >= 0.6 is 0 Å². The van der Waals surface area contributed by atoms with Crippen molar-refractivity contribution in [2.75, 3.05) is 13.6 Å². The first kappa shape index (κ1) is 21.3. The van der Waals surface area contributed by atoms with E-state index in [0.29, 0.717) is 11.1 Å². The lowest BCUT2D eigenvalue weighted by molar-refractivity contribution is -0.385. The fraction of sp³-hybridized carbons (Fsp3) is 0.211. The van der Waals surface area contributed by atoms with Gasteiger partial charge in [-0.25, -0.2) is 8.42 Å². The number of hydrogen-bond acceptors (Lipinski definition) is 6. The van der Waals surface area contributed by atoms with Gasteiger partial charge in [0.15, 0.2) is 0 Å². The SMILES string of the molecule is C[C@@H](OC(=O)CN(C)S(=O)(=O)/C=C/c1ccccc1)c1cccc([N+](=O)[O-])c1. The normalized spacial score (nSPS) is 12.8. The minimum Gasteiger partial charge on any atom is -0.457 e. The van der Waals surface area contributed by atoms with E-state index in [1.165, 1.54) is 31.3 Å². The van der Waals surface area contributed by atoms with Crippen LogP contribution in [-0.2, 0) is 19.6 Å². The first-order valence-electron chi connectivity index (χ1n) is 8.32. The molecule has 0 aliphatic heterocycles. The number of esters is 1. The zero-order valence-electron chi connectivity index (χ0n) is 15.4. The zero-order valence-corrected chi connectivity index (χ0v) is 16.2. The average molecular weight is 404 g/mol. The number of nitro groups is 1. The van der Waals surface area contributed by atoms with Crippen molar-refractivity contribution in [3.05, 3.63) is 81.2 Å². The molecule has 0 bridgehead atoms. The highest BCUT2D eigenvalue weighted by Gasteiger charge is 2.21. The summed E-state index contributed by atoms with van der Waals surface area (Å²) in [6, 6.07) is 14.6. The van der Waals surface area contributed by atoms with E-state index in [9.17, 15) is 23.3 Å². The molecule has 2 aromatic rings. The third kappa shape index (κ3) is 6.00. The summed E-state index contributed by atoms with van der Waals surface area (Å²) < 4.78 is 30.6. The molecule has 2 rings (SSSR count). The van der Waals surface area contributed by atoms with Crippen molar-refractivity contribution >= 4 is 27.8 Å². The number of ether oxygens (including phenoxy) is 1. The van der Waals surface area contributed by atoms with Gasteiger partial charge in [-0.3, -0.25) is 14.9 Å². The molecule has 0 saturated carbocycles. The van der Waals surface area contributed by atoms with Crippen LogP contribution in [0.1, 0.15) is 24.2 Å². The van der Waals surface area contributed by atoms with Crippen molar-refractivity contribution in [3.8, 4) is 0 Å². The lowest BCUT2D eigenvalue weighted by Crippen LogP contribution is -2.32. The maximum Gasteiger partial charge on any atom is 0.321 e. The van der Waals surface area contributed by atoms with E-state index in [1.807, 2.05) is 6.07 Å². The number of non-ortho nitro benzene ring substituents is 1. The Morgan fingerprint density at radius 1 is 1.21 bits per heavy atom. The maximum atomic E-state index is 12.3. The van der Waals surface area contributed by atoms with E-state index in [4.69, 9.17) is 4.74 Å². The van der Waals surface area contributed by atoms with Crippen LogP contribution in [0, 0.1) is 10.1 Å². The molecule has 148 valence electrons. The van der Waals surface area contributed by atoms with E-state index in [1.54, 1.807) is 37.3 Å². The molecule has 9 heteroatoms. The number of nitrogens with zero attached hydrogens (tertiary/aromatic N) is 2. The van der Waals surface area contributed by atoms with Gasteiger partial charge in [0.1, 0.15) is 12.6 Å². The second kappa shape index (κ2) is 9.25. The maximum absolute atomic E-state index is 12.3. The zero-order chi connectivity index (χ0) is 20.7. The Labute approximate surface area is 163 Å². The quantitative estimate of drug-likeness (QED) is 0.380. The summed E-state index contributed by atoms with van der Waals surface area (Å²) in [5.74, 6) is -0.766. The third-order valence-corrected chi connectivity index (χ3v) is 5.35. The van der Waals surface area contributed by atoms with Gasteiger partial charge in [0, 0.05) is 24.6 Å². The molecular weight excluding hydrogens is 384 g/mol. The second-order valence-electron chi connectivity index (χ2n) is 6.00. The monoisotopic (exact) mass is 404 g/mol. The van der Waals surface area contributed by atoms with Crippen LogP contribution in [0.5, 0.6) is 0 Å². The van der Waals surface area contributed by atoms with Gasteiger partial charge in [0.2, 0.25) is 10.0 Å². The molecule has 0 fully saturated rings. The van der Waals surface area contributed by atoms with E-state index >= 15 is 0 Å². The number of carbonyl (C=O) groups excluding carboxylic acids is 1. The molecule has 2 aromatic carbocycles. The van der Waals surface area contributed by atoms with Gasteiger partial charge in [0.05, 0.1) is 4.92 Å². The van der Waals surface area contributed by atoms with E-state index < -0.39 is 33.6 Å². The summed E-state index contributed by atoms with van der Waals surface area (Å²) in [5, 5.41) is 11.8. The van der Waals surface area contributed by atoms with E-state index in [-0.39, 0.29) is 5.69 Å². The van der Waals surface area contributed by atoms with Gasteiger partial charge < -0.3 is 4.74 Å². The number of nitro benzene ring substituents is 1. The van der Waals surface area contributed by atoms with Crippen molar-refractivity contribution in [2.45, 2.75) is 13.0 Å². The molecule has 0 aromatic heterocycles. The number of likely N-dealkylation sites (N-methyl/N-ethyl adjacent to an activating group) is 1. The summed E-state index contributed by atoms with van der Waals surface area (Å²) in [6.07, 6.45) is 0.673. The minimum absolute atomic E-state index is 0.119. The molecular formula is C19H20N2O6S. The predicted molar refractivity (Wildman–Crippen MR) is 105 cm³/mol. The molecule has 0 aliphatic carbocycles. The topological polar surface area (TPSA) is 107 Å². The Bertz CT molecular complexity index is 973. The van der Waals surface area contributed by atoms with E-state index in [2.05, 4.69) is 0 Å². The van der Waals surface area contributed by atoms with Gasteiger partial charge in [0.25, 0.3) is 5.69 Å². The van der Waals surface area contributed by atoms with Crippen LogP contribution in [0.3, 0.4) is 0 Å². The molecule has 0 N–H and O–H groups in total. The summed E-state index contributed by atoms with van der Waals surface area (Å²) >= 11 is 0. The molecule has 0 spiro atoms. The minimum atomic E-state index is -3.81. The van der Waals surface area contributed by atoms with Crippen LogP contribution in [0.15, 0.2) is 60.0 Å². The first-order valence-corrected chi connectivity index (χ1v) is 9.82. The highest BCUT2D eigenvalue weighted by molar-refractivity contribution is 7.92. The van der Waals surface area contributed by atoms with Crippen molar-refractivity contribution in [3.63, 3.8) is 0 Å². The summed E-state index contributed by atoms with van der Waals surface area (Å²) in [5.41, 5.74) is 1.03. The number of sulfonamides is 1. The van der Waals surface area contributed by atoms with Gasteiger partial charge in [-0.1, -0.05) is 42.5 Å². The fourth-order valence-electron chi connectivity index (χ4n) is 2.30. The fourth-order valence-corrected chi connectivity index (χ4v) is 3.12. The summed E-state index contributed by atoms with van der Waals surface area (Å²) in [6.45, 7) is 1.07. The lowest BCUT2D eigenvalue weighted by Gasteiger charge is -2.17. The molecule has 0 heterocycles. The highest BCUT2D eigenvalue weighted by Crippen LogP contribution is 2.22. The largest absolute Gasteiger partial charge is 0.457 e. The Morgan fingerprint density at radius 3 is 2.54 bits per heavy atom. The van der Waals surface area contributed by atoms with Gasteiger partial charge >= 0.3 is 5.97 Å². The number of rotatable bonds is 8. The smallest absolute Gasteiger partial charge is 0.321 e. The van der Waals surface area contributed by atoms with Crippen molar-refractivity contribution in [2.24, 2.45) is 0 Å². The van der Waals surface area contributed by atoms with Gasteiger partial charge in [-0.05, 0) is 24.1 Å². The molecule has 8 nitrogen and oxygen atoms in total. The second-order valence-corrected chi connectivity index (χ2v) is 7.92. The van der Waals surface area contributed by atoms with Crippen LogP contribution in [0.4, 0.5) is 5.69 Å².